The predicted octanol–water partition coefficient (Wildman–Crippen LogP) is 4.46. The van der Waals surface area contributed by atoms with Crippen LogP contribution in [-0.4, -0.2) is 24.1 Å². The molecular weight excluding hydrogens is 398 g/mol. The average Bonchev–Trinajstić information content (AvgIpc) is 3.20. The van der Waals surface area contributed by atoms with Gasteiger partial charge in [-0.15, -0.1) is 0 Å². The molecule has 1 heterocycles. The number of methoxy groups -OCH3 is 1. The normalized spacial score (nSPS) is 10.7. The van der Waals surface area contributed by atoms with E-state index in [2.05, 4.69) is 4.42 Å². The molecule has 3 aromatic rings. The average molecular weight is 409 g/mol. The van der Waals surface area contributed by atoms with Gasteiger partial charge in [-0.2, -0.15) is 0 Å². The number of hydrogen-bond acceptors (Lipinski definition) is 4. The van der Waals surface area contributed by atoms with Crippen molar-refractivity contribution in [1.29, 1.82) is 0 Å². The summed E-state index contributed by atoms with van der Waals surface area (Å²) in [6.07, 6.45) is 0.859. The van der Waals surface area contributed by atoms with Gasteiger partial charge < -0.3 is 19.6 Å². The van der Waals surface area contributed by atoms with E-state index in [1.165, 1.54) is 31.4 Å². The van der Waals surface area contributed by atoms with Crippen molar-refractivity contribution in [2.24, 2.45) is 0 Å². The molecule has 10 heteroatoms. The van der Waals surface area contributed by atoms with E-state index in [-0.39, 0.29) is 11.3 Å². The molecule has 1 amide bonds. The van der Waals surface area contributed by atoms with Gasteiger partial charge in [-0.3, -0.25) is 4.79 Å². The van der Waals surface area contributed by atoms with Gasteiger partial charge in [-0.25, -0.2) is 22.4 Å². The summed E-state index contributed by atoms with van der Waals surface area (Å²) in [4.78, 5) is 23.1. The molecule has 0 unspecified atom stereocenters. The van der Waals surface area contributed by atoms with Gasteiger partial charge in [0.25, 0.3) is 5.91 Å². The van der Waals surface area contributed by atoms with Crippen LogP contribution in [0.3, 0.4) is 0 Å². The Kier molecular flexibility index (Phi) is 5.26. The number of carbonyl (C=O) groups is 2. The van der Waals surface area contributed by atoms with Crippen molar-refractivity contribution in [1.82, 2.24) is 0 Å². The number of carboxylic acids is 1. The largest absolute Gasteiger partial charge is 0.497 e. The highest BCUT2D eigenvalue weighted by Gasteiger charge is 2.29. The number of carboxylic acid groups (broad SMARTS) is 1. The Labute approximate surface area is 160 Å². The van der Waals surface area contributed by atoms with E-state index in [1.54, 1.807) is 5.32 Å². The first kappa shape index (κ1) is 19.9. The zero-order chi connectivity index (χ0) is 21.3. The molecule has 0 aliphatic carbocycles. The van der Waals surface area contributed by atoms with Gasteiger partial charge in [-0.05, 0) is 23.8 Å². The lowest BCUT2D eigenvalue weighted by Gasteiger charge is -2.13. The Balaban J connectivity index is 2.07. The number of hydrogen-bond donors (Lipinski definition) is 2. The van der Waals surface area contributed by atoms with Crippen LogP contribution in [0.15, 0.2) is 41.0 Å². The van der Waals surface area contributed by atoms with Crippen LogP contribution in [0.2, 0.25) is 0 Å². The maximum Gasteiger partial charge on any atom is 0.372 e. The molecule has 6 nitrogen and oxygen atoms in total. The highest BCUT2D eigenvalue weighted by molar-refractivity contribution is 6.09. The second-order valence-electron chi connectivity index (χ2n) is 5.66. The van der Waals surface area contributed by atoms with Crippen LogP contribution in [0.4, 0.5) is 23.2 Å². The minimum atomic E-state index is -1.87. The fourth-order valence-electron chi connectivity index (χ4n) is 2.61. The monoisotopic (exact) mass is 409 g/mol. The summed E-state index contributed by atoms with van der Waals surface area (Å²) < 4.78 is 67.5. The lowest BCUT2D eigenvalue weighted by molar-refractivity contribution is 0.0657. The number of aromatic carboxylic acids is 1. The van der Waals surface area contributed by atoms with E-state index in [0.29, 0.717) is 0 Å². The summed E-state index contributed by atoms with van der Waals surface area (Å²) in [5.41, 5.74) is -3.19. The molecule has 3 rings (SSSR count). The van der Waals surface area contributed by atoms with Crippen molar-refractivity contribution in [3.8, 4) is 16.9 Å². The van der Waals surface area contributed by atoms with Crippen LogP contribution in [-0.2, 0) is 0 Å². The number of benzene rings is 2. The smallest absolute Gasteiger partial charge is 0.372 e. The topological polar surface area (TPSA) is 88.8 Å². The molecular formula is C19H11F4NO5. The van der Waals surface area contributed by atoms with Gasteiger partial charge >= 0.3 is 5.97 Å². The van der Waals surface area contributed by atoms with Crippen molar-refractivity contribution in [2.75, 3.05) is 12.4 Å². The third kappa shape index (κ3) is 3.51. The number of nitrogens with one attached hydrogen (secondary N) is 1. The number of rotatable bonds is 5. The summed E-state index contributed by atoms with van der Waals surface area (Å²) in [6.45, 7) is 0. The Morgan fingerprint density at radius 2 is 1.69 bits per heavy atom. The molecule has 0 fully saturated rings. The maximum absolute atomic E-state index is 14.5. The molecule has 0 spiro atoms. The van der Waals surface area contributed by atoms with Gasteiger partial charge in [0.05, 0.1) is 24.5 Å². The molecule has 0 saturated heterocycles. The van der Waals surface area contributed by atoms with E-state index < -0.39 is 57.7 Å². The summed E-state index contributed by atoms with van der Waals surface area (Å²) >= 11 is 0. The van der Waals surface area contributed by atoms with Gasteiger partial charge in [0.1, 0.15) is 11.4 Å². The van der Waals surface area contributed by atoms with Crippen LogP contribution in [0.25, 0.3) is 11.1 Å². The number of carbonyl (C=O) groups excluding carboxylic acids is 1. The van der Waals surface area contributed by atoms with E-state index in [1.807, 2.05) is 0 Å². The van der Waals surface area contributed by atoms with E-state index in [9.17, 15) is 27.2 Å². The number of halogens is 4. The van der Waals surface area contributed by atoms with Crippen LogP contribution in [0.1, 0.15) is 20.9 Å². The predicted molar refractivity (Wildman–Crippen MR) is 91.9 cm³/mol. The molecule has 0 radical (unpaired) electrons. The van der Waals surface area contributed by atoms with Crippen molar-refractivity contribution in [3.63, 3.8) is 0 Å². The summed E-state index contributed by atoms with van der Waals surface area (Å²) in [6, 6.07) is 6.14. The first-order chi connectivity index (χ1) is 13.8. The quantitative estimate of drug-likeness (QED) is 0.480. The third-order valence-electron chi connectivity index (χ3n) is 3.96. The molecule has 2 aromatic carbocycles. The molecule has 2 N–H and O–H groups in total. The molecule has 0 aliphatic heterocycles. The second kappa shape index (κ2) is 7.66. The molecule has 0 bridgehead atoms. The van der Waals surface area contributed by atoms with Crippen LogP contribution >= 0.6 is 0 Å². The summed E-state index contributed by atoms with van der Waals surface area (Å²) in [5.74, 6) is -10.8. The molecule has 0 aliphatic rings. The zero-order valence-corrected chi connectivity index (χ0v) is 14.6. The number of ether oxygens (including phenoxy) is 1. The van der Waals surface area contributed by atoms with Crippen LogP contribution in [0, 0.1) is 23.3 Å². The van der Waals surface area contributed by atoms with Gasteiger partial charge in [0.2, 0.25) is 5.76 Å². The van der Waals surface area contributed by atoms with Crippen LogP contribution in [0.5, 0.6) is 5.75 Å². The van der Waals surface area contributed by atoms with E-state index >= 15 is 0 Å². The van der Waals surface area contributed by atoms with Gasteiger partial charge in [0.15, 0.2) is 23.3 Å². The second-order valence-corrected chi connectivity index (χ2v) is 5.66. The highest BCUT2D eigenvalue weighted by atomic mass is 19.2. The molecule has 0 saturated carbocycles. The van der Waals surface area contributed by atoms with Gasteiger partial charge in [-0.1, -0.05) is 12.1 Å². The molecule has 150 valence electrons. The van der Waals surface area contributed by atoms with Crippen molar-refractivity contribution in [3.05, 3.63) is 71.2 Å². The number of anilines is 1. The van der Waals surface area contributed by atoms with E-state index in [0.717, 1.165) is 12.3 Å². The van der Waals surface area contributed by atoms with Crippen LogP contribution < -0.4 is 10.1 Å². The van der Waals surface area contributed by atoms with Crippen molar-refractivity contribution in [2.45, 2.75) is 0 Å². The Bertz CT molecular complexity index is 1100. The number of amides is 1. The SMILES string of the molecule is COc1cccc(-c2c(F)c(F)c(NC(=O)c3ccoc3C(=O)O)c(F)c2F)c1. The van der Waals surface area contributed by atoms with Crippen molar-refractivity contribution >= 4 is 17.6 Å². The first-order valence-electron chi connectivity index (χ1n) is 7.88. The Morgan fingerprint density at radius 3 is 2.28 bits per heavy atom. The van der Waals surface area contributed by atoms with Crippen molar-refractivity contribution < 1.29 is 41.4 Å². The first-order valence-corrected chi connectivity index (χ1v) is 7.88. The Hall–Kier alpha value is -3.82. The lowest BCUT2D eigenvalue weighted by atomic mass is 10.0. The molecule has 1 aromatic heterocycles. The maximum atomic E-state index is 14.5. The molecule has 29 heavy (non-hydrogen) atoms. The highest BCUT2D eigenvalue weighted by Crippen LogP contribution is 2.36. The zero-order valence-electron chi connectivity index (χ0n) is 14.6. The molecule has 0 atom stereocenters. The standard InChI is InChI=1S/C19H11F4NO5/c1-28-9-4-2-3-8(7-9)11-12(20)14(22)16(15(23)13(11)21)24-18(25)10-5-6-29-17(10)19(26)27/h2-7H,1H3,(H,24,25)(H,26,27). The number of furan rings is 1. The fraction of sp³-hybridized carbons (Fsp3) is 0.0526. The summed E-state index contributed by atoms with van der Waals surface area (Å²) in [5, 5.41) is 10.6. The summed E-state index contributed by atoms with van der Waals surface area (Å²) in [7, 11) is 1.30. The Morgan fingerprint density at radius 1 is 1.03 bits per heavy atom. The minimum absolute atomic E-state index is 0.195. The lowest BCUT2D eigenvalue weighted by Crippen LogP contribution is -2.18. The van der Waals surface area contributed by atoms with Gasteiger partial charge in [0, 0.05) is 0 Å². The third-order valence-corrected chi connectivity index (χ3v) is 3.96. The minimum Gasteiger partial charge on any atom is -0.497 e. The van der Waals surface area contributed by atoms with E-state index in [4.69, 9.17) is 9.84 Å². The fourth-order valence-corrected chi connectivity index (χ4v) is 2.61.